The molecule has 3 rings (SSSR count). The molecule has 0 radical (unpaired) electrons. The molecule has 2 atom stereocenters. The van der Waals surface area contributed by atoms with Gasteiger partial charge in [-0.3, -0.25) is 9.69 Å². The molecule has 1 saturated heterocycles. The van der Waals surface area contributed by atoms with Gasteiger partial charge in [0.1, 0.15) is 5.75 Å². The number of likely N-dealkylation sites (tertiary alicyclic amines) is 1. The Morgan fingerprint density at radius 3 is 2.46 bits per heavy atom. The number of para-hydroxylation sites is 1. The molecule has 2 unspecified atom stereocenters. The van der Waals surface area contributed by atoms with Crippen molar-refractivity contribution in [2.24, 2.45) is 0 Å². The highest BCUT2D eigenvalue weighted by Crippen LogP contribution is 2.25. The molecule has 26 heavy (non-hydrogen) atoms. The van der Waals surface area contributed by atoms with E-state index in [2.05, 4.69) is 22.3 Å². The molecule has 2 aromatic carbocycles. The zero-order chi connectivity index (χ0) is 18.4. The van der Waals surface area contributed by atoms with Gasteiger partial charge in [0, 0.05) is 6.54 Å². The van der Waals surface area contributed by atoms with Crippen LogP contribution in [-0.2, 0) is 4.79 Å². The van der Waals surface area contributed by atoms with Crippen molar-refractivity contribution in [1.29, 1.82) is 0 Å². The second kappa shape index (κ2) is 9.06. The maximum Gasteiger partial charge on any atom is 0.260 e. The van der Waals surface area contributed by atoms with Gasteiger partial charge in [0.05, 0.1) is 11.1 Å². The number of rotatable bonds is 7. The van der Waals surface area contributed by atoms with Crippen molar-refractivity contribution in [3.05, 3.63) is 65.2 Å². The lowest BCUT2D eigenvalue weighted by Gasteiger charge is -2.28. The predicted octanol–water partition coefficient (Wildman–Crippen LogP) is 4.06. The minimum Gasteiger partial charge on any atom is -0.479 e. The molecule has 1 fully saturated rings. The topological polar surface area (TPSA) is 41.6 Å². The standard InChI is InChI=1S/C21H25ClN2O2/c1-16(26-20-12-6-5-11-18(20)22)21(25)23-15-19(24-13-7-8-14-24)17-9-3-2-4-10-17/h2-6,9-12,16,19H,7-8,13-15H2,1H3,(H,23,25). The summed E-state index contributed by atoms with van der Waals surface area (Å²) in [6.45, 7) is 4.45. The molecule has 0 saturated carbocycles. The van der Waals surface area contributed by atoms with Crippen LogP contribution in [0.4, 0.5) is 0 Å². The molecule has 1 aliphatic heterocycles. The highest BCUT2D eigenvalue weighted by molar-refractivity contribution is 6.32. The summed E-state index contributed by atoms with van der Waals surface area (Å²) in [4.78, 5) is 15.0. The summed E-state index contributed by atoms with van der Waals surface area (Å²) in [7, 11) is 0. The number of carbonyl (C=O) groups is 1. The van der Waals surface area contributed by atoms with Crippen LogP contribution in [-0.4, -0.2) is 36.5 Å². The van der Waals surface area contributed by atoms with Crippen LogP contribution in [0.2, 0.25) is 5.02 Å². The Labute approximate surface area is 160 Å². The van der Waals surface area contributed by atoms with E-state index in [1.807, 2.05) is 30.3 Å². The average molecular weight is 373 g/mol. The van der Waals surface area contributed by atoms with Crippen LogP contribution in [0.25, 0.3) is 0 Å². The first-order valence-electron chi connectivity index (χ1n) is 9.13. The molecule has 1 heterocycles. The first-order valence-corrected chi connectivity index (χ1v) is 9.51. The van der Waals surface area contributed by atoms with Gasteiger partial charge in [-0.2, -0.15) is 0 Å². The van der Waals surface area contributed by atoms with Gasteiger partial charge >= 0.3 is 0 Å². The third-order valence-corrected chi connectivity index (χ3v) is 5.06. The second-order valence-corrected chi connectivity index (χ2v) is 7.01. The van der Waals surface area contributed by atoms with Crippen molar-refractivity contribution in [3.63, 3.8) is 0 Å². The zero-order valence-corrected chi connectivity index (χ0v) is 15.8. The van der Waals surface area contributed by atoms with E-state index in [0.717, 1.165) is 13.1 Å². The Bertz CT molecular complexity index is 717. The number of nitrogens with zero attached hydrogens (tertiary/aromatic N) is 1. The lowest BCUT2D eigenvalue weighted by atomic mass is 10.1. The number of benzene rings is 2. The van der Waals surface area contributed by atoms with Gasteiger partial charge in [0.2, 0.25) is 0 Å². The third-order valence-electron chi connectivity index (χ3n) is 4.75. The normalized spacial score (nSPS) is 16.8. The molecule has 2 aromatic rings. The van der Waals surface area contributed by atoms with Gasteiger partial charge in [-0.15, -0.1) is 0 Å². The molecule has 0 spiro atoms. The van der Waals surface area contributed by atoms with Gasteiger partial charge < -0.3 is 10.1 Å². The van der Waals surface area contributed by atoms with Gasteiger partial charge in [0.25, 0.3) is 5.91 Å². The predicted molar refractivity (Wildman–Crippen MR) is 105 cm³/mol. The Hall–Kier alpha value is -2.04. The number of nitrogens with one attached hydrogen (secondary N) is 1. The van der Waals surface area contributed by atoms with E-state index in [-0.39, 0.29) is 11.9 Å². The van der Waals surface area contributed by atoms with Crippen LogP contribution in [0.5, 0.6) is 5.75 Å². The molecule has 0 aromatic heterocycles. The molecule has 1 N–H and O–H groups in total. The minimum absolute atomic E-state index is 0.134. The Morgan fingerprint density at radius 2 is 1.77 bits per heavy atom. The highest BCUT2D eigenvalue weighted by Gasteiger charge is 2.25. The molecular formula is C21H25ClN2O2. The highest BCUT2D eigenvalue weighted by atomic mass is 35.5. The van der Waals surface area contributed by atoms with E-state index in [0.29, 0.717) is 17.3 Å². The number of carbonyl (C=O) groups excluding carboxylic acids is 1. The quantitative estimate of drug-likeness (QED) is 0.796. The maximum atomic E-state index is 12.5. The van der Waals surface area contributed by atoms with Crippen molar-refractivity contribution in [2.45, 2.75) is 31.9 Å². The van der Waals surface area contributed by atoms with Crippen molar-refractivity contribution >= 4 is 17.5 Å². The first-order chi connectivity index (χ1) is 12.6. The van der Waals surface area contributed by atoms with Crippen LogP contribution in [0, 0.1) is 0 Å². The van der Waals surface area contributed by atoms with Crippen LogP contribution in [0.1, 0.15) is 31.4 Å². The number of ether oxygens (including phenoxy) is 1. The summed E-state index contributed by atoms with van der Waals surface area (Å²) in [5.41, 5.74) is 1.23. The Morgan fingerprint density at radius 1 is 1.12 bits per heavy atom. The number of amides is 1. The summed E-state index contributed by atoms with van der Waals surface area (Å²) in [5, 5.41) is 3.55. The SMILES string of the molecule is CC(Oc1ccccc1Cl)C(=O)NCC(c1ccccc1)N1CCCC1. The zero-order valence-electron chi connectivity index (χ0n) is 15.0. The van der Waals surface area contributed by atoms with Crippen molar-refractivity contribution in [3.8, 4) is 5.75 Å². The summed E-state index contributed by atoms with van der Waals surface area (Å²) in [5.74, 6) is 0.390. The van der Waals surface area contributed by atoms with Gasteiger partial charge in [-0.25, -0.2) is 0 Å². The molecule has 5 heteroatoms. The average Bonchev–Trinajstić information content (AvgIpc) is 3.19. The van der Waals surface area contributed by atoms with Gasteiger partial charge in [-0.1, -0.05) is 54.1 Å². The second-order valence-electron chi connectivity index (χ2n) is 6.61. The number of halogens is 1. The van der Waals surface area contributed by atoms with Crippen LogP contribution in [0.3, 0.4) is 0 Å². The fourth-order valence-electron chi connectivity index (χ4n) is 3.31. The third kappa shape index (κ3) is 4.77. The number of hydrogen-bond acceptors (Lipinski definition) is 3. The Balaban J connectivity index is 1.61. The largest absolute Gasteiger partial charge is 0.479 e. The van der Waals surface area contributed by atoms with Crippen LogP contribution in [0.15, 0.2) is 54.6 Å². The van der Waals surface area contributed by atoms with E-state index in [1.165, 1.54) is 18.4 Å². The van der Waals surface area contributed by atoms with E-state index in [9.17, 15) is 4.79 Å². The number of hydrogen-bond donors (Lipinski definition) is 1. The molecule has 0 bridgehead atoms. The Kier molecular flexibility index (Phi) is 6.53. The summed E-state index contributed by atoms with van der Waals surface area (Å²) >= 11 is 6.10. The summed E-state index contributed by atoms with van der Waals surface area (Å²) in [6, 6.07) is 17.7. The molecule has 1 aliphatic rings. The maximum absolute atomic E-state index is 12.5. The molecule has 0 aliphatic carbocycles. The molecular weight excluding hydrogens is 348 g/mol. The molecule has 4 nitrogen and oxygen atoms in total. The smallest absolute Gasteiger partial charge is 0.260 e. The molecule has 1 amide bonds. The minimum atomic E-state index is -0.607. The van der Waals surface area contributed by atoms with Crippen molar-refractivity contribution in [2.75, 3.05) is 19.6 Å². The molecule has 138 valence electrons. The summed E-state index contributed by atoms with van der Waals surface area (Å²) in [6.07, 6.45) is 1.82. The van der Waals surface area contributed by atoms with E-state index >= 15 is 0 Å². The fraction of sp³-hybridized carbons (Fsp3) is 0.381. The van der Waals surface area contributed by atoms with Gasteiger partial charge in [-0.05, 0) is 50.6 Å². The monoisotopic (exact) mass is 372 g/mol. The first kappa shape index (κ1) is 18.7. The lowest BCUT2D eigenvalue weighted by Crippen LogP contribution is -2.42. The van der Waals surface area contributed by atoms with E-state index in [4.69, 9.17) is 16.3 Å². The lowest BCUT2D eigenvalue weighted by molar-refractivity contribution is -0.127. The van der Waals surface area contributed by atoms with Crippen LogP contribution >= 0.6 is 11.6 Å². The van der Waals surface area contributed by atoms with E-state index in [1.54, 1.807) is 19.1 Å². The van der Waals surface area contributed by atoms with Crippen molar-refractivity contribution < 1.29 is 9.53 Å². The van der Waals surface area contributed by atoms with E-state index < -0.39 is 6.10 Å². The van der Waals surface area contributed by atoms with Gasteiger partial charge in [0.15, 0.2) is 6.10 Å². The van der Waals surface area contributed by atoms with Crippen molar-refractivity contribution in [1.82, 2.24) is 10.2 Å². The van der Waals surface area contributed by atoms with Crippen LogP contribution < -0.4 is 10.1 Å². The summed E-state index contributed by atoms with van der Waals surface area (Å²) < 4.78 is 5.71. The fourth-order valence-corrected chi connectivity index (χ4v) is 3.49.